The average Bonchev–Trinajstić information content (AvgIpc) is 2.53. The van der Waals surface area contributed by atoms with Gasteiger partial charge in [0.25, 0.3) is 0 Å². The molecule has 0 bridgehead atoms. The number of hydrogen-bond donors (Lipinski definition) is 2. The Morgan fingerprint density at radius 1 is 1.82 bits per heavy atom. The zero-order chi connectivity index (χ0) is 8.27. The highest BCUT2D eigenvalue weighted by Gasteiger charge is 2.16. The molecule has 1 rings (SSSR count). The monoisotopic (exact) mass is 172 g/mol. The van der Waals surface area contributed by atoms with Crippen LogP contribution in [0.15, 0.2) is 11.4 Å². The molecule has 0 saturated carbocycles. The van der Waals surface area contributed by atoms with E-state index in [1.54, 1.807) is 6.07 Å². The largest absolute Gasteiger partial charge is 0.385 e. The second-order valence-corrected chi connectivity index (χ2v) is 3.11. The van der Waals surface area contributed by atoms with Crippen molar-refractivity contribution in [3.05, 3.63) is 17.1 Å². The first kappa shape index (κ1) is 8.64. The van der Waals surface area contributed by atoms with Crippen molar-refractivity contribution in [2.24, 2.45) is 5.73 Å². The number of rotatable bonds is 3. The number of aliphatic hydroxyl groups is 1. The Hall–Kier alpha value is -0.450. The molecule has 3 nitrogen and oxygen atoms in total. The third kappa shape index (κ3) is 1.99. The van der Waals surface area contributed by atoms with Crippen molar-refractivity contribution < 1.29 is 5.11 Å². The minimum Gasteiger partial charge on any atom is -0.385 e. The number of nitrogens with two attached hydrogens (primary N) is 1. The van der Waals surface area contributed by atoms with Gasteiger partial charge in [-0.25, -0.2) is 0 Å². The van der Waals surface area contributed by atoms with Crippen LogP contribution in [0, 0.1) is 0 Å². The normalized spacial score (nSPS) is 16.3. The topological polar surface area (TPSA) is 59.1 Å². The standard InChI is InChI=1S/C7H12N2OS/c1-2-5(8)7(10)6-3-4-11-9-6/h3-5,7,10H,2,8H2,1H3/t5-,7?/m1/s1. The predicted octanol–water partition coefficient (Wildman–Crippen LogP) is 0.914. The first-order chi connectivity index (χ1) is 5.25. The zero-order valence-corrected chi connectivity index (χ0v) is 7.21. The van der Waals surface area contributed by atoms with Crippen LogP contribution >= 0.6 is 11.5 Å². The molecule has 0 radical (unpaired) electrons. The maximum absolute atomic E-state index is 9.50. The molecule has 0 spiro atoms. The van der Waals surface area contributed by atoms with Crippen molar-refractivity contribution in [1.29, 1.82) is 0 Å². The molecule has 0 aromatic carbocycles. The van der Waals surface area contributed by atoms with Gasteiger partial charge in [0.05, 0.1) is 5.69 Å². The molecule has 1 aromatic rings. The van der Waals surface area contributed by atoms with Crippen molar-refractivity contribution >= 4 is 11.5 Å². The molecule has 1 heterocycles. The second-order valence-electron chi connectivity index (χ2n) is 2.44. The van der Waals surface area contributed by atoms with Gasteiger partial charge in [0.15, 0.2) is 0 Å². The molecular weight excluding hydrogens is 160 g/mol. The first-order valence-electron chi connectivity index (χ1n) is 3.59. The van der Waals surface area contributed by atoms with Gasteiger partial charge in [-0.3, -0.25) is 0 Å². The Balaban J connectivity index is 2.62. The van der Waals surface area contributed by atoms with Crippen LogP contribution in [0.25, 0.3) is 0 Å². The van der Waals surface area contributed by atoms with E-state index in [-0.39, 0.29) is 6.04 Å². The molecule has 4 heteroatoms. The van der Waals surface area contributed by atoms with Gasteiger partial charge in [-0.2, -0.15) is 4.37 Å². The number of nitrogens with zero attached hydrogens (tertiary/aromatic N) is 1. The Morgan fingerprint density at radius 2 is 2.55 bits per heavy atom. The lowest BCUT2D eigenvalue weighted by atomic mass is 10.1. The van der Waals surface area contributed by atoms with Crippen LogP contribution in [0.2, 0.25) is 0 Å². The zero-order valence-electron chi connectivity index (χ0n) is 6.40. The van der Waals surface area contributed by atoms with Gasteiger partial charge in [-0.15, -0.1) is 0 Å². The predicted molar refractivity (Wildman–Crippen MR) is 45.3 cm³/mol. The Labute approximate surface area is 70.0 Å². The van der Waals surface area contributed by atoms with Crippen molar-refractivity contribution in [2.45, 2.75) is 25.5 Å². The van der Waals surface area contributed by atoms with Crippen LogP contribution in [0.1, 0.15) is 25.1 Å². The highest BCUT2D eigenvalue weighted by Crippen LogP contribution is 2.16. The molecule has 62 valence electrons. The molecule has 2 atom stereocenters. The van der Waals surface area contributed by atoms with E-state index in [4.69, 9.17) is 5.73 Å². The number of hydrogen-bond acceptors (Lipinski definition) is 4. The third-order valence-electron chi connectivity index (χ3n) is 1.64. The summed E-state index contributed by atoms with van der Waals surface area (Å²) in [5.41, 5.74) is 6.31. The fourth-order valence-corrected chi connectivity index (χ4v) is 1.37. The van der Waals surface area contributed by atoms with Gasteiger partial charge in [-0.1, -0.05) is 6.92 Å². The van der Waals surface area contributed by atoms with E-state index in [9.17, 15) is 5.11 Å². The Kier molecular flexibility index (Phi) is 2.99. The molecule has 3 N–H and O–H groups in total. The molecule has 0 amide bonds. The molecule has 0 aliphatic carbocycles. The van der Waals surface area contributed by atoms with E-state index in [0.29, 0.717) is 5.69 Å². The van der Waals surface area contributed by atoms with Crippen LogP contribution in [0.5, 0.6) is 0 Å². The maximum atomic E-state index is 9.50. The summed E-state index contributed by atoms with van der Waals surface area (Å²) >= 11 is 1.33. The Morgan fingerprint density at radius 3 is 3.00 bits per heavy atom. The Bertz CT molecular complexity index is 200. The minimum atomic E-state index is -0.605. The fourth-order valence-electron chi connectivity index (χ4n) is 0.817. The quantitative estimate of drug-likeness (QED) is 0.712. The summed E-state index contributed by atoms with van der Waals surface area (Å²) in [6.07, 6.45) is 0.157. The molecule has 0 saturated heterocycles. The molecule has 1 unspecified atom stereocenters. The van der Waals surface area contributed by atoms with E-state index in [2.05, 4.69) is 4.37 Å². The molecule has 0 fully saturated rings. The number of aliphatic hydroxyl groups excluding tert-OH is 1. The molecular formula is C7H12N2OS. The molecule has 1 aromatic heterocycles. The number of aromatic nitrogens is 1. The fraction of sp³-hybridized carbons (Fsp3) is 0.571. The van der Waals surface area contributed by atoms with Crippen LogP contribution < -0.4 is 5.73 Å². The first-order valence-corrected chi connectivity index (χ1v) is 4.43. The van der Waals surface area contributed by atoms with Crippen LogP contribution in [-0.2, 0) is 0 Å². The SMILES string of the molecule is CC[C@@H](N)C(O)c1ccsn1. The summed E-state index contributed by atoms with van der Waals surface area (Å²) in [6.45, 7) is 1.94. The second kappa shape index (κ2) is 3.80. The van der Waals surface area contributed by atoms with Gasteiger partial charge < -0.3 is 10.8 Å². The van der Waals surface area contributed by atoms with Gasteiger partial charge >= 0.3 is 0 Å². The van der Waals surface area contributed by atoms with E-state index in [1.165, 1.54) is 11.5 Å². The highest BCUT2D eigenvalue weighted by molar-refractivity contribution is 7.03. The highest BCUT2D eigenvalue weighted by atomic mass is 32.1. The van der Waals surface area contributed by atoms with E-state index < -0.39 is 6.10 Å². The van der Waals surface area contributed by atoms with Crippen molar-refractivity contribution in [3.8, 4) is 0 Å². The van der Waals surface area contributed by atoms with Crippen LogP contribution in [-0.4, -0.2) is 15.5 Å². The lowest BCUT2D eigenvalue weighted by Gasteiger charge is -2.13. The van der Waals surface area contributed by atoms with E-state index in [0.717, 1.165) is 6.42 Å². The van der Waals surface area contributed by atoms with E-state index >= 15 is 0 Å². The third-order valence-corrected chi connectivity index (χ3v) is 2.21. The van der Waals surface area contributed by atoms with Crippen LogP contribution in [0.3, 0.4) is 0 Å². The molecule has 11 heavy (non-hydrogen) atoms. The molecule has 0 aliphatic rings. The lowest BCUT2D eigenvalue weighted by molar-refractivity contribution is 0.141. The summed E-state index contributed by atoms with van der Waals surface area (Å²) in [5, 5.41) is 11.3. The minimum absolute atomic E-state index is 0.197. The summed E-state index contributed by atoms with van der Waals surface area (Å²) in [6, 6.07) is 1.60. The average molecular weight is 172 g/mol. The van der Waals surface area contributed by atoms with Crippen LogP contribution in [0.4, 0.5) is 0 Å². The van der Waals surface area contributed by atoms with Gasteiger partial charge in [0.2, 0.25) is 0 Å². The summed E-state index contributed by atoms with van der Waals surface area (Å²) in [4.78, 5) is 0. The molecule has 0 aliphatic heterocycles. The van der Waals surface area contributed by atoms with E-state index in [1.807, 2.05) is 12.3 Å². The van der Waals surface area contributed by atoms with Gasteiger partial charge in [0.1, 0.15) is 6.10 Å². The van der Waals surface area contributed by atoms with Crippen molar-refractivity contribution in [2.75, 3.05) is 0 Å². The van der Waals surface area contributed by atoms with Crippen molar-refractivity contribution in [1.82, 2.24) is 4.37 Å². The maximum Gasteiger partial charge on any atom is 0.112 e. The smallest absolute Gasteiger partial charge is 0.112 e. The van der Waals surface area contributed by atoms with Gasteiger partial charge in [-0.05, 0) is 24.0 Å². The summed E-state index contributed by atoms with van der Waals surface area (Å²) < 4.78 is 4.00. The summed E-state index contributed by atoms with van der Waals surface area (Å²) in [5.74, 6) is 0. The van der Waals surface area contributed by atoms with Gasteiger partial charge in [0, 0.05) is 11.4 Å². The van der Waals surface area contributed by atoms with Crippen molar-refractivity contribution in [3.63, 3.8) is 0 Å². The lowest BCUT2D eigenvalue weighted by Crippen LogP contribution is -2.27. The summed E-state index contributed by atoms with van der Waals surface area (Å²) in [7, 11) is 0.